The van der Waals surface area contributed by atoms with Gasteiger partial charge in [-0.2, -0.15) is 0 Å². The Kier molecular flexibility index (Phi) is 3.95. The van der Waals surface area contributed by atoms with Crippen LogP contribution in [0.25, 0.3) is 0 Å². The number of pyridine rings is 1. The van der Waals surface area contributed by atoms with Gasteiger partial charge in [-0.1, -0.05) is 31.2 Å². The first kappa shape index (κ1) is 12.6. The van der Waals surface area contributed by atoms with Crippen LogP contribution in [0, 0.1) is 0 Å². The van der Waals surface area contributed by atoms with E-state index in [1.807, 2.05) is 6.07 Å². The molecule has 4 N–H and O–H groups in total. The average molecular weight is 241 g/mol. The molecule has 0 aliphatic carbocycles. The highest BCUT2D eigenvalue weighted by Gasteiger charge is 2.09. The number of nitrogen functional groups attached to an aromatic ring is 1. The molecule has 0 spiro atoms. The summed E-state index contributed by atoms with van der Waals surface area (Å²) in [6, 6.07) is 10.2. The van der Waals surface area contributed by atoms with E-state index >= 15 is 0 Å². The van der Waals surface area contributed by atoms with Crippen molar-refractivity contribution in [3.63, 3.8) is 0 Å². The van der Waals surface area contributed by atoms with Crippen LogP contribution in [0.1, 0.15) is 29.7 Å². The summed E-state index contributed by atoms with van der Waals surface area (Å²) < 4.78 is 0. The Bertz CT molecular complexity index is 505. The molecule has 1 aromatic carbocycles. The highest BCUT2D eigenvalue weighted by molar-refractivity contribution is 5.45. The number of hydrogen-bond acceptors (Lipinski definition) is 3. The molecule has 0 saturated heterocycles. The zero-order valence-corrected chi connectivity index (χ0v) is 10.6. The van der Waals surface area contributed by atoms with E-state index in [9.17, 15) is 0 Å². The minimum absolute atomic E-state index is 0.0394. The number of aryl methyl sites for hydroxylation is 1. The van der Waals surface area contributed by atoms with Crippen LogP contribution in [0.2, 0.25) is 0 Å². The number of hydrogen-bond donors (Lipinski definition) is 2. The predicted molar refractivity (Wildman–Crippen MR) is 75.1 cm³/mol. The van der Waals surface area contributed by atoms with Crippen LogP contribution in [0.15, 0.2) is 42.7 Å². The third-order valence-electron chi connectivity index (χ3n) is 3.20. The second-order valence-electron chi connectivity index (χ2n) is 4.48. The SMILES string of the molecule is CCc1ccc(C(N)Cc2cnccc2N)cc1. The van der Waals surface area contributed by atoms with Gasteiger partial charge in [0.15, 0.2) is 0 Å². The van der Waals surface area contributed by atoms with Crippen LogP contribution in [0.3, 0.4) is 0 Å². The normalized spacial score (nSPS) is 12.3. The fourth-order valence-corrected chi connectivity index (χ4v) is 1.96. The Morgan fingerprint density at radius 2 is 1.89 bits per heavy atom. The summed E-state index contributed by atoms with van der Waals surface area (Å²) in [7, 11) is 0. The lowest BCUT2D eigenvalue weighted by Crippen LogP contribution is -2.14. The maximum absolute atomic E-state index is 6.20. The van der Waals surface area contributed by atoms with E-state index in [1.165, 1.54) is 5.56 Å². The van der Waals surface area contributed by atoms with E-state index in [0.717, 1.165) is 23.2 Å². The molecule has 3 heteroatoms. The molecular formula is C15H19N3. The van der Waals surface area contributed by atoms with Crippen molar-refractivity contribution in [3.05, 3.63) is 59.4 Å². The lowest BCUT2D eigenvalue weighted by atomic mass is 9.98. The summed E-state index contributed by atoms with van der Waals surface area (Å²) in [5.74, 6) is 0. The van der Waals surface area contributed by atoms with Gasteiger partial charge in [-0.3, -0.25) is 4.98 Å². The third-order valence-corrected chi connectivity index (χ3v) is 3.20. The van der Waals surface area contributed by atoms with Crippen molar-refractivity contribution >= 4 is 5.69 Å². The fraction of sp³-hybridized carbons (Fsp3) is 0.267. The topological polar surface area (TPSA) is 64.9 Å². The zero-order chi connectivity index (χ0) is 13.0. The van der Waals surface area contributed by atoms with Gasteiger partial charge in [0.05, 0.1) is 0 Å². The number of nitrogens with zero attached hydrogens (tertiary/aromatic N) is 1. The van der Waals surface area contributed by atoms with Crippen molar-refractivity contribution in [3.8, 4) is 0 Å². The molecule has 3 nitrogen and oxygen atoms in total. The van der Waals surface area contributed by atoms with E-state index in [1.54, 1.807) is 12.4 Å². The Morgan fingerprint density at radius 3 is 2.50 bits per heavy atom. The van der Waals surface area contributed by atoms with Crippen LogP contribution >= 0.6 is 0 Å². The van der Waals surface area contributed by atoms with E-state index in [2.05, 4.69) is 36.2 Å². The summed E-state index contributed by atoms with van der Waals surface area (Å²) in [6.45, 7) is 2.14. The van der Waals surface area contributed by atoms with Crippen LogP contribution in [0.5, 0.6) is 0 Å². The summed E-state index contributed by atoms with van der Waals surface area (Å²) in [6.07, 6.45) is 5.24. The van der Waals surface area contributed by atoms with Crippen LogP contribution < -0.4 is 11.5 Å². The monoisotopic (exact) mass is 241 g/mol. The lowest BCUT2D eigenvalue weighted by Gasteiger charge is -2.13. The van der Waals surface area contributed by atoms with Crippen LogP contribution in [-0.2, 0) is 12.8 Å². The van der Waals surface area contributed by atoms with Crippen molar-refractivity contribution in [2.24, 2.45) is 5.73 Å². The molecule has 0 fully saturated rings. The molecule has 1 heterocycles. The van der Waals surface area contributed by atoms with Crippen molar-refractivity contribution < 1.29 is 0 Å². The quantitative estimate of drug-likeness (QED) is 0.864. The smallest absolute Gasteiger partial charge is 0.0378 e. The van der Waals surface area contributed by atoms with Gasteiger partial charge in [0.2, 0.25) is 0 Å². The van der Waals surface area contributed by atoms with E-state index in [0.29, 0.717) is 6.42 Å². The molecule has 1 atom stereocenters. The molecular weight excluding hydrogens is 222 g/mol. The molecule has 1 unspecified atom stereocenters. The first-order chi connectivity index (χ1) is 8.70. The Morgan fingerprint density at radius 1 is 1.17 bits per heavy atom. The molecule has 0 saturated carbocycles. The summed E-state index contributed by atoms with van der Waals surface area (Å²) >= 11 is 0. The summed E-state index contributed by atoms with van der Waals surface area (Å²) in [5.41, 5.74) is 16.3. The average Bonchev–Trinajstić information content (AvgIpc) is 2.41. The number of benzene rings is 1. The number of aromatic nitrogens is 1. The maximum atomic E-state index is 6.20. The van der Waals surface area contributed by atoms with Gasteiger partial charge in [-0.25, -0.2) is 0 Å². The molecule has 0 bridgehead atoms. The van der Waals surface area contributed by atoms with Crippen LogP contribution in [-0.4, -0.2) is 4.98 Å². The third kappa shape index (κ3) is 2.87. The maximum Gasteiger partial charge on any atom is 0.0378 e. The van der Waals surface area contributed by atoms with Gasteiger partial charge in [0.1, 0.15) is 0 Å². The van der Waals surface area contributed by atoms with E-state index < -0.39 is 0 Å². The van der Waals surface area contributed by atoms with Crippen molar-refractivity contribution in [1.29, 1.82) is 0 Å². The summed E-state index contributed by atoms with van der Waals surface area (Å²) in [5, 5.41) is 0. The van der Waals surface area contributed by atoms with E-state index in [4.69, 9.17) is 11.5 Å². The Hall–Kier alpha value is -1.87. The fourth-order valence-electron chi connectivity index (χ4n) is 1.96. The van der Waals surface area contributed by atoms with Crippen molar-refractivity contribution in [1.82, 2.24) is 4.98 Å². The van der Waals surface area contributed by atoms with Gasteiger partial charge in [-0.05, 0) is 35.6 Å². The van der Waals surface area contributed by atoms with Gasteiger partial charge in [0, 0.05) is 24.1 Å². The van der Waals surface area contributed by atoms with Gasteiger partial charge < -0.3 is 11.5 Å². The largest absolute Gasteiger partial charge is 0.398 e. The molecule has 2 aromatic rings. The van der Waals surface area contributed by atoms with Gasteiger partial charge >= 0.3 is 0 Å². The lowest BCUT2D eigenvalue weighted by molar-refractivity contribution is 0.720. The van der Waals surface area contributed by atoms with Crippen molar-refractivity contribution in [2.45, 2.75) is 25.8 Å². The number of nitrogens with two attached hydrogens (primary N) is 2. The molecule has 0 aliphatic rings. The highest BCUT2D eigenvalue weighted by Crippen LogP contribution is 2.19. The first-order valence-electron chi connectivity index (χ1n) is 6.23. The Balaban J connectivity index is 2.11. The second-order valence-corrected chi connectivity index (χ2v) is 4.48. The number of anilines is 1. The van der Waals surface area contributed by atoms with Gasteiger partial charge in [-0.15, -0.1) is 0 Å². The van der Waals surface area contributed by atoms with Gasteiger partial charge in [0.25, 0.3) is 0 Å². The first-order valence-corrected chi connectivity index (χ1v) is 6.23. The zero-order valence-electron chi connectivity index (χ0n) is 10.6. The minimum Gasteiger partial charge on any atom is -0.398 e. The van der Waals surface area contributed by atoms with Crippen LogP contribution in [0.4, 0.5) is 5.69 Å². The van der Waals surface area contributed by atoms with E-state index in [-0.39, 0.29) is 6.04 Å². The second kappa shape index (κ2) is 5.65. The van der Waals surface area contributed by atoms with Crippen molar-refractivity contribution in [2.75, 3.05) is 5.73 Å². The standard InChI is InChI=1S/C15H19N3/c1-2-11-3-5-12(6-4-11)15(17)9-13-10-18-8-7-14(13)16/h3-8,10,15H,2,9,17H2,1H3,(H2,16,18). The minimum atomic E-state index is -0.0394. The molecule has 0 amide bonds. The highest BCUT2D eigenvalue weighted by atomic mass is 14.7. The summed E-state index contributed by atoms with van der Waals surface area (Å²) in [4.78, 5) is 4.08. The molecule has 18 heavy (non-hydrogen) atoms. The Labute approximate surface area is 108 Å². The molecule has 0 aliphatic heterocycles. The molecule has 94 valence electrons. The molecule has 2 rings (SSSR count). The molecule has 1 aromatic heterocycles. The number of rotatable bonds is 4. The predicted octanol–water partition coefficient (Wildman–Crippen LogP) is 2.47. The molecule has 0 radical (unpaired) electrons.